The summed E-state index contributed by atoms with van der Waals surface area (Å²) >= 11 is 3.87. The quantitative estimate of drug-likeness (QED) is 0.116. The topological polar surface area (TPSA) is 0 Å². The van der Waals surface area contributed by atoms with Crippen molar-refractivity contribution in [2.45, 2.75) is 138 Å². The summed E-state index contributed by atoms with van der Waals surface area (Å²) < 4.78 is 0. The van der Waals surface area contributed by atoms with Gasteiger partial charge in [0.1, 0.15) is 0 Å². The predicted molar refractivity (Wildman–Crippen MR) is 171 cm³/mol. The summed E-state index contributed by atoms with van der Waals surface area (Å²) in [4.78, 5) is 0.429. The Morgan fingerprint density at radius 1 is 0.444 bits per heavy atom. The molecule has 0 saturated carbocycles. The molecule has 0 aliphatic heterocycles. The van der Waals surface area contributed by atoms with Crippen molar-refractivity contribution in [1.29, 1.82) is 0 Å². The number of rotatable bonds is 18. The predicted octanol–water partition coefficient (Wildman–Crippen LogP) is 12.7. The lowest BCUT2D eigenvalue weighted by molar-refractivity contribution is 0.894. The van der Waals surface area contributed by atoms with Gasteiger partial charge in [0.15, 0.2) is 0 Å². The highest BCUT2D eigenvalue weighted by atomic mass is 79.9. The van der Waals surface area contributed by atoms with Crippen LogP contribution in [0, 0.1) is 0 Å². The lowest BCUT2D eigenvalue weighted by atomic mass is 10.0. The molecule has 0 rings (SSSR count). The number of allylic oxidation sites excluding steroid dienone is 14. The van der Waals surface area contributed by atoms with Crippen LogP contribution in [-0.4, -0.2) is 4.83 Å². The summed E-state index contributed by atoms with van der Waals surface area (Å²) in [7, 11) is 0. The van der Waals surface area contributed by atoms with Crippen molar-refractivity contribution in [3.05, 3.63) is 81.5 Å². The minimum Gasteiger partial charge on any atom is -0.0856 e. The van der Waals surface area contributed by atoms with Crippen LogP contribution in [0.1, 0.15) is 133 Å². The first-order chi connectivity index (χ1) is 17.0. The summed E-state index contributed by atoms with van der Waals surface area (Å²) in [5.41, 5.74) is 10.4. The number of hydrogen-bond donors (Lipinski definition) is 0. The summed E-state index contributed by atoms with van der Waals surface area (Å²) in [6.45, 7) is 20.1. The Labute approximate surface area is 234 Å². The van der Waals surface area contributed by atoms with Gasteiger partial charge in [-0.25, -0.2) is 0 Å². The van der Waals surface area contributed by atoms with Crippen molar-refractivity contribution in [1.82, 2.24) is 0 Å². The molecule has 0 radical (unpaired) electrons. The molecule has 0 amide bonds. The average Bonchev–Trinajstić information content (AvgIpc) is 2.77. The maximum absolute atomic E-state index is 3.87. The largest absolute Gasteiger partial charge is 0.0856 e. The Hall–Kier alpha value is -1.34. The molecule has 1 atom stereocenters. The van der Waals surface area contributed by atoms with Crippen molar-refractivity contribution in [3.63, 3.8) is 0 Å². The smallest absolute Gasteiger partial charge is 0.0362 e. The fourth-order valence-corrected chi connectivity index (χ4v) is 4.64. The molecule has 0 fully saturated rings. The van der Waals surface area contributed by atoms with Crippen LogP contribution in [-0.2, 0) is 0 Å². The van der Waals surface area contributed by atoms with Crippen molar-refractivity contribution >= 4 is 15.9 Å². The number of halogens is 1. The van der Waals surface area contributed by atoms with Gasteiger partial charge >= 0.3 is 0 Å². The molecule has 0 N–H and O–H groups in total. The van der Waals surface area contributed by atoms with Crippen molar-refractivity contribution in [3.8, 4) is 0 Å². The highest BCUT2D eigenvalue weighted by molar-refractivity contribution is 9.09. The van der Waals surface area contributed by atoms with E-state index in [-0.39, 0.29) is 0 Å². The molecule has 204 valence electrons. The SMILES string of the molecule is CC(C)=CCCC(C)=CCCC(C)=CCC(Br)/C=C(\C)CC/C=C(\C)CC/C=C(\C)CCC=C(C)C. The molecule has 0 spiro atoms. The minimum absolute atomic E-state index is 0.429. The van der Waals surface area contributed by atoms with Gasteiger partial charge in [0, 0.05) is 4.83 Å². The molecule has 0 aromatic rings. The number of alkyl halides is 1. The van der Waals surface area contributed by atoms with Gasteiger partial charge in [-0.15, -0.1) is 0 Å². The molecule has 1 unspecified atom stereocenters. The average molecular weight is 558 g/mol. The van der Waals surface area contributed by atoms with Gasteiger partial charge in [-0.1, -0.05) is 97.5 Å². The second kappa shape index (κ2) is 21.7. The first-order valence-corrected chi connectivity index (χ1v) is 15.1. The Morgan fingerprint density at radius 2 is 0.750 bits per heavy atom. The third-order valence-electron chi connectivity index (χ3n) is 6.43. The van der Waals surface area contributed by atoms with Crippen LogP contribution in [0.5, 0.6) is 0 Å². The van der Waals surface area contributed by atoms with Crippen molar-refractivity contribution < 1.29 is 0 Å². The molecule has 0 aliphatic carbocycles. The molecular formula is C35H57Br. The molecule has 1 heteroatoms. The molecule has 0 nitrogen and oxygen atoms in total. The highest BCUT2D eigenvalue weighted by Gasteiger charge is 2.01. The van der Waals surface area contributed by atoms with Crippen LogP contribution in [0.3, 0.4) is 0 Å². The molecule has 0 heterocycles. The Balaban J connectivity index is 4.28. The van der Waals surface area contributed by atoms with Crippen LogP contribution in [0.2, 0.25) is 0 Å². The van der Waals surface area contributed by atoms with E-state index in [0.717, 1.165) is 38.5 Å². The van der Waals surface area contributed by atoms with E-state index in [1.54, 1.807) is 0 Å². The van der Waals surface area contributed by atoms with E-state index in [1.807, 2.05) is 0 Å². The third-order valence-corrected chi connectivity index (χ3v) is 7.07. The molecule has 0 aromatic carbocycles. The monoisotopic (exact) mass is 556 g/mol. The van der Waals surface area contributed by atoms with Gasteiger partial charge in [-0.3, -0.25) is 0 Å². The lowest BCUT2D eigenvalue weighted by Crippen LogP contribution is -1.93. The first kappa shape index (κ1) is 34.7. The Kier molecular flexibility index (Phi) is 20.9. The second-order valence-corrected chi connectivity index (χ2v) is 12.4. The van der Waals surface area contributed by atoms with Crippen LogP contribution in [0.4, 0.5) is 0 Å². The van der Waals surface area contributed by atoms with Gasteiger partial charge in [-0.2, -0.15) is 0 Å². The van der Waals surface area contributed by atoms with E-state index in [4.69, 9.17) is 0 Å². The highest BCUT2D eigenvalue weighted by Crippen LogP contribution is 2.18. The summed E-state index contributed by atoms with van der Waals surface area (Å²) in [6, 6.07) is 0. The van der Waals surface area contributed by atoms with Gasteiger partial charge in [-0.05, 0) is 133 Å². The molecule has 36 heavy (non-hydrogen) atoms. The summed E-state index contributed by atoms with van der Waals surface area (Å²) in [5, 5.41) is 0. The van der Waals surface area contributed by atoms with Crippen LogP contribution < -0.4 is 0 Å². The van der Waals surface area contributed by atoms with Crippen molar-refractivity contribution in [2.75, 3.05) is 0 Å². The fraction of sp³-hybridized carbons (Fsp3) is 0.600. The van der Waals surface area contributed by atoms with Gasteiger partial charge < -0.3 is 0 Å². The maximum atomic E-state index is 3.87. The van der Waals surface area contributed by atoms with Gasteiger partial charge in [0.2, 0.25) is 0 Å². The van der Waals surface area contributed by atoms with Crippen LogP contribution in [0.25, 0.3) is 0 Å². The molecule has 0 aromatic heterocycles. The zero-order valence-electron chi connectivity index (χ0n) is 25.3. The second-order valence-electron chi connectivity index (χ2n) is 11.2. The van der Waals surface area contributed by atoms with E-state index in [1.165, 1.54) is 71.1 Å². The first-order valence-electron chi connectivity index (χ1n) is 14.2. The molecule has 0 saturated heterocycles. The Bertz CT molecular complexity index is 815. The summed E-state index contributed by atoms with van der Waals surface area (Å²) in [5.74, 6) is 0. The molecular weight excluding hydrogens is 500 g/mol. The van der Waals surface area contributed by atoms with E-state index in [0.29, 0.717) is 4.83 Å². The van der Waals surface area contributed by atoms with E-state index < -0.39 is 0 Å². The van der Waals surface area contributed by atoms with Crippen molar-refractivity contribution in [2.24, 2.45) is 0 Å². The zero-order valence-corrected chi connectivity index (χ0v) is 26.9. The van der Waals surface area contributed by atoms with E-state index in [2.05, 4.69) is 121 Å². The Morgan fingerprint density at radius 3 is 1.11 bits per heavy atom. The minimum atomic E-state index is 0.429. The third kappa shape index (κ3) is 23.1. The lowest BCUT2D eigenvalue weighted by Gasteiger charge is -2.06. The fourth-order valence-electron chi connectivity index (χ4n) is 4.00. The summed E-state index contributed by atoms with van der Waals surface area (Å²) in [6.07, 6.45) is 29.5. The normalized spacial score (nSPS) is 14.7. The molecule has 0 aliphatic rings. The van der Waals surface area contributed by atoms with E-state index in [9.17, 15) is 0 Å². The maximum Gasteiger partial charge on any atom is 0.0362 e. The van der Waals surface area contributed by atoms with Gasteiger partial charge in [0.25, 0.3) is 0 Å². The van der Waals surface area contributed by atoms with E-state index >= 15 is 0 Å². The van der Waals surface area contributed by atoms with Crippen LogP contribution in [0.15, 0.2) is 81.5 Å². The molecule has 0 bridgehead atoms. The van der Waals surface area contributed by atoms with Crippen LogP contribution >= 0.6 is 15.9 Å². The zero-order chi connectivity index (χ0) is 27.3. The van der Waals surface area contributed by atoms with Gasteiger partial charge in [0.05, 0.1) is 0 Å². The number of hydrogen-bond acceptors (Lipinski definition) is 0. The standard InChI is InChI=1S/C35H57Br/c1-28(2)15-10-17-30(5)19-12-20-32(7)22-14-24-34(9)27-35(36)26-25-33(8)23-13-21-31(6)18-11-16-29(3)4/h15-16,19,21-22,25,27,35H,10-14,17-18,20,23-24,26H2,1-9H3/b30-19+,31-21?,32-22+,33-25?,34-27+.